The molecule has 0 saturated carbocycles. The maximum atomic E-state index is 12.2. The molecule has 1 unspecified atom stereocenters. The van der Waals surface area contributed by atoms with Crippen LogP contribution in [0.15, 0.2) is 12.2 Å². The van der Waals surface area contributed by atoms with E-state index in [-0.39, 0.29) is 57.2 Å². The quantitative estimate of drug-likeness (QED) is 0.119. The van der Waals surface area contributed by atoms with E-state index in [0.717, 1.165) is 0 Å². The molecule has 0 aliphatic rings. The topological polar surface area (TPSA) is 124 Å². The molecule has 0 aromatic rings. The smallest absolute Gasteiger partial charge is 0.347 e. The van der Waals surface area contributed by atoms with Gasteiger partial charge in [0.05, 0.1) is 31.8 Å². The molecule has 0 aliphatic heterocycles. The number of carbonyl (C=O) groups is 4. The van der Waals surface area contributed by atoms with Crippen molar-refractivity contribution in [2.24, 2.45) is 5.41 Å². The lowest BCUT2D eigenvalue weighted by Gasteiger charge is -2.31. The summed E-state index contributed by atoms with van der Waals surface area (Å²) in [5, 5.41) is 0. The van der Waals surface area contributed by atoms with E-state index in [2.05, 4.69) is 6.58 Å². The summed E-state index contributed by atoms with van der Waals surface area (Å²) in [7, 11) is 4.59. The van der Waals surface area contributed by atoms with Gasteiger partial charge in [0.1, 0.15) is 12.4 Å². The molecule has 0 aromatic carbocycles. The zero-order valence-corrected chi connectivity index (χ0v) is 20.4. The Morgan fingerprint density at radius 2 is 1.42 bits per heavy atom. The molecule has 0 saturated heterocycles. The molecule has 0 N–H and O–H groups in total. The molecule has 0 aromatic heterocycles. The number of carbonyl (C=O) groups excluding carboxylic acids is 4. The first kappa shape index (κ1) is 30.7. The minimum atomic E-state index is -1.06. The fourth-order valence-corrected chi connectivity index (χ4v) is 3.00. The van der Waals surface area contributed by atoms with Crippen LogP contribution in [0.5, 0.6) is 0 Å². The van der Waals surface area contributed by atoms with Crippen molar-refractivity contribution >= 4 is 23.7 Å². The van der Waals surface area contributed by atoms with E-state index < -0.39 is 29.4 Å². The summed E-state index contributed by atoms with van der Waals surface area (Å²) < 4.78 is 31.1. The first-order valence-corrected chi connectivity index (χ1v) is 10.8. The van der Waals surface area contributed by atoms with E-state index in [1.54, 1.807) is 0 Å². The Kier molecular flexibility index (Phi) is 16.0. The first-order valence-electron chi connectivity index (χ1n) is 10.8. The van der Waals surface area contributed by atoms with Crippen molar-refractivity contribution in [3.8, 4) is 0 Å². The van der Waals surface area contributed by atoms with Gasteiger partial charge in [-0.15, -0.1) is 0 Å². The lowest BCUT2D eigenvalue weighted by molar-refractivity contribution is -0.172. The van der Waals surface area contributed by atoms with Crippen LogP contribution in [0.25, 0.3) is 0 Å². The summed E-state index contributed by atoms with van der Waals surface area (Å²) in [5.74, 6) is -1.95. The third-order valence-electron chi connectivity index (χ3n) is 4.52. The van der Waals surface area contributed by atoms with E-state index in [1.165, 1.54) is 35.2 Å². The van der Waals surface area contributed by atoms with Crippen LogP contribution < -0.4 is 0 Å². The Labute approximate surface area is 195 Å². The van der Waals surface area contributed by atoms with Gasteiger partial charge in [-0.2, -0.15) is 0 Å². The molecule has 0 rings (SSSR count). The Balaban J connectivity index is 4.22. The highest BCUT2D eigenvalue weighted by Gasteiger charge is 2.34. The molecule has 0 bridgehead atoms. The van der Waals surface area contributed by atoms with Crippen LogP contribution in [0.2, 0.25) is 0 Å². The highest BCUT2D eigenvalue weighted by atomic mass is 16.6. The number of rotatable bonds is 19. The number of unbranched alkanes of at least 4 members (excludes halogenated alkanes) is 2. The van der Waals surface area contributed by atoms with Gasteiger partial charge in [0.25, 0.3) is 0 Å². The second kappa shape index (κ2) is 17.2. The largest absolute Gasteiger partial charge is 0.462 e. The van der Waals surface area contributed by atoms with Gasteiger partial charge in [-0.1, -0.05) is 6.58 Å². The number of Topliss-reactive ketones (excluding diaryl/α,β-unsaturated/α-hetero) is 1. The molecule has 0 radical (unpaired) electrons. The maximum Gasteiger partial charge on any atom is 0.347 e. The predicted octanol–water partition coefficient (Wildman–Crippen LogP) is 2.03. The highest BCUT2D eigenvalue weighted by molar-refractivity contribution is 5.94. The molecule has 0 spiro atoms. The molecule has 0 fully saturated rings. The van der Waals surface area contributed by atoms with Crippen LogP contribution in [-0.4, -0.2) is 84.2 Å². The Morgan fingerprint density at radius 3 is 1.94 bits per heavy atom. The monoisotopic (exact) mass is 474 g/mol. The van der Waals surface area contributed by atoms with Crippen molar-refractivity contribution in [2.75, 3.05) is 54.4 Å². The number of esters is 3. The Hall–Kier alpha value is -2.30. The number of methoxy groups -OCH3 is 3. The van der Waals surface area contributed by atoms with E-state index in [0.29, 0.717) is 19.3 Å². The molecular formula is C23H38O10. The summed E-state index contributed by atoms with van der Waals surface area (Å²) in [6, 6.07) is 0. The average Bonchev–Trinajstić information content (AvgIpc) is 2.74. The van der Waals surface area contributed by atoms with Gasteiger partial charge in [0.15, 0.2) is 6.10 Å². The minimum absolute atomic E-state index is 0.0131. The fraction of sp³-hybridized carbons (Fsp3) is 0.739. The van der Waals surface area contributed by atoms with Gasteiger partial charge in [-0.25, -0.2) is 9.59 Å². The predicted molar refractivity (Wildman–Crippen MR) is 118 cm³/mol. The summed E-state index contributed by atoms with van der Waals surface area (Å²) in [6.07, 6.45) is 0.695. The van der Waals surface area contributed by atoms with Crippen LogP contribution in [0.1, 0.15) is 46.0 Å². The van der Waals surface area contributed by atoms with Gasteiger partial charge in [-0.3, -0.25) is 9.59 Å². The maximum absolute atomic E-state index is 12.2. The van der Waals surface area contributed by atoms with Crippen LogP contribution in [0, 0.1) is 5.41 Å². The van der Waals surface area contributed by atoms with E-state index in [9.17, 15) is 19.2 Å². The van der Waals surface area contributed by atoms with E-state index in [1.807, 2.05) is 0 Å². The van der Waals surface area contributed by atoms with Crippen molar-refractivity contribution in [1.82, 2.24) is 0 Å². The second-order valence-electron chi connectivity index (χ2n) is 7.97. The van der Waals surface area contributed by atoms with Crippen LogP contribution >= 0.6 is 0 Å². The van der Waals surface area contributed by atoms with Crippen LogP contribution in [-0.2, 0) is 47.6 Å². The van der Waals surface area contributed by atoms with Gasteiger partial charge in [-0.05, 0) is 33.1 Å². The SMILES string of the molecule is C=C(CC(C)=O)C(=O)OCCCCCC(=O)OC(C)C(=O)OCC(COC)(COC)COC. The van der Waals surface area contributed by atoms with Crippen LogP contribution in [0.3, 0.4) is 0 Å². The summed E-state index contributed by atoms with van der Waals surface area (Å²) in [6.45, 7) is 7.26. The van der Waals surface area contributed by atoms with Crippen molar-refractivity contribution in [3.63, 3.8) is 0 Å². The van der Waals surface area contributed by atoms with Crippen molar-refractivity contribution in [3.05, 3.63) is 12.2 Å². The van der Waals surface area contributed by atoms with Crippen molar-refractivity contribution < 1.29 is 47.6 Å². The Bertz CT molecular complexity index is 626. The fourth-order valence-electron chi connectivity index (χ4n) is 3.00. The lowest BCUT2D eigenvalue weighted by atomic mass is 9.92. The molecule has 190 valence electrons. The molecule has 10 nitrogen and oxygen atoms in total. The zero-order chi connectivity index (χ0) is 25.3. The number of ether oxygens (including phenoxy) is 6. The standard InChI is InChI=1S/C23H38O10/c1-17(12-18(2)24)21(26)31-11-9-7-8-10-20(25)33-19(3)22(27)32-16-23(13-28-4,14-29-5)15-30-6/h19H,1,7-16H2,2-6H3. The molecule has 0 heterocycles. The second-order valence-corrected chi connectivity index (χ2v) is 7.97. The number of hydrogen-bond donors (Lipinski definition) is 0. The van der Waals surface area contributed by atoms with Crippen molar-refractivity contribution in [2.45, 2.75) is 52.1 Å². The first-order chi connectivity index (χ1) is 15.6. The summed E-state index contributed by atoms with van der Waals surface area (Å²) >= 11 is 0. The lowest BCUT2D eigenvalue weighted by Crippen LogP contribution is -2.42. The zero-order valence-electron chi connectivity index (χ0n) is 20.4. The molecule has 0 amide bonds. The number of ketones is 1. The summed E-state index contributed by atoms with van der Waals surface area (Å²) in [4.78, 5) is 46.8. The van der Waals surface area contributed by atoms with E-state index in [4.69, 9.17) is 28.4 Å². The Morgan fingerprint density at radius 1 is 0.848 bits per heavy atom. The molecular weight excluding hydrogens is 436 g/mol. The van der Waals surface area contributed by atoms with Gasteiger partial charge >= 0.3 is 17.9 Å². The van der Waals surface area contributed by atoms with Gasteiger partial charge < -0.3 is 28.4 Å². The molecule has 0 aliphatic carbocycles. The molecule has 1 atom stereocenters. The third kappa shape index (κ3) is 13.8. The number of hydrogen-bond acceptors (Lipinski definition) is 10. The van der Waals surface area contributed by atoms with Gasteiger partial charge in [0, 0.05) is 39.7 Å². The third-order valence-corrected chi connectivity index (χ3v) is 4.52. The molecule has 33 heavy (non-hydrogen) atoms. The highest BCUT2D eigenvalue weighted by Crippen LogP contribution is 2.20. The van der Waals surface area contributed by atoms with Gasteiger partial charge in [0.2, 0.25) is 0 Å². The summed E-state index contributed by atoms with van der Waals surface area (Å²) in [5.41, 5.74) is -0.546. The molecule has 10 heteroatoms. The van der Waals surface area contributed by atoms with Crippen molar-refractivity contribution in [1.29, 1.82) is 0 Å². The minimum Gasteiger partial charge on any atom is -0.462 e. The van der Waals surface area contributed by atoms with Crippen LogP contribution in [0.4, 0.5) is 0 Å². The average molecular weight is 475 g/mol. The normalized spacial score (nSPS) is 12.0. The van der Waals surface area contributed by atoms with E-state index >= 15 is 0 Å².